The SMILES string of the molecule is c1cc(CCN2CCOCC2CNC2CC2)cs1. The Balaban J connectivity index is 1.47. The molecule has 2 fully saturated rings. The second-order valence-electron chi connectivity index (χ2n) is 5.33. The molecule has 1 aromatic heterocycles. The zero-order valence-corrected chi connectivity index (χ0v) is 11.6. The van der Waals surface area contributed by atoms with Gasteiger partial charge in [0.25, 0.3) is 0 Å². The van der Waals surface area contributed by atoms with E-state index in [1.807, 2.05) is 0 Å². The maximum Gasteiger partial charge on any atom is 0.0634 e. The van der Waals surface area contributed by atoms with Crippen LogP contribution in [-0.4, -0.2) is 49.8 Å². The Bertz CT molecular complexity index is 351. The summed E-state index contributed by atoms with van der Waals surface area (Å²) in [5, 5.41) is 8.06. The van der Waals surface area contributed by atoms with Crippen molar-refractivity contribution in [3.05, 3.63) is 22.4 Å². The minimum atomic E-state index is 0.568. The Labute approximate surface area is 113 Å². The van der Waals surface area contributed by atoms with Gasteiger partial charge in [0.1, 0.15) is 0 Å². The molecule has 1 atom stereocenters. The maximum absolute atomic E-state index is 5.62. The third-order valence-corrected chi connectivity index (χ3v) is 4.57. The number of morpholine rings is 1. The average Bonchev–Trinajstić information content (AvgIpc) is 3.09. The van der Waals surface area contributed by atoms with Gasteiger partial charge < -0.3 is 10.1 Å². The van der Waals surface area contributed by atoms with Crippen molar-refractivity contribution in [2.24, 2.45) is 0 Å². The fourth-order valence-electron chi connectivity index (χ4n) is 2.47. The normalized spacial score (nSPS) is 25.4. The van der Waals surface area contributed by atoms with Crippen LogP contribution in [0.2, 0.25) is 0 Å². The fraction of sp³-hybridized carbons (Fsp3) is 0.714. The molecule has 0 aromatic carbocycles. The number of ether oxygens (including phenoxy) is 1. The van der Waals surface area contributed by atoms with Crippen molar-refractivity contribution in [3.8, 4) is 0 Å². The van der Waals surface area contributed by atoms with Gasteiger partial charge in [0.05, 0.1) is 13.2 Å². The first-order valence-corrected chi connectivity index (χ1v) is 7.92. The Hall–Kier alpha value is -0.420. The zero-order chi connectivity index (χ0) is 12.2. The van der Waals surface area contributed by atoms with E-state index >= 15 is 0 Å². The molecule has 0 radical (unpaired) electrons. The van der Waals surface area contributed by atoms with E-state index in [9.17, 15) is 0 Å². The average molecular weight is 266 g/mol. The summed E-state index contributed by atoms with van der Waals surface area (Å²) >= 11 is 1.79. The van der Waals surface area contributed by atoms with Crippen LogP contribution in [0.5, 0.6) is 0 Å². The summed E-state index contributed by atoms with van der Waals surface area (Å²) < 4.78 is 5.62. The number of nitrogens with one attached hydrogen (secondary N) is 1. The lowest BCUT2D eigenvalue weighted by Gasteiger charge is -2.35. The number of nitrogens with zero attached hydrogens (tertiary/aromatic N) is 1. The van der Waals surface area contributed by atoms with Crippen molar-refractivity contribution in [2.45, 2.75) is 31.3 Å². The van der Waals surface area contributed by atoms with Crippen LogP contribution >= 0.6 is 11.3 Å². The Morgan fingerprint density at radius 2 is 2.39 bits per heavy atom. The standard InChI is InChI=1S/C14H22N2OS/c1-2-13(1)15-9-14-10-17-7-6-16(14)5-3-12-4-8-18-11-12/h4,8,11,13-15H,1-3,5-7,9-10H2. The second kappa shape index (κ2) is 6.15. The highest BCUT2D eigenvalue weighted by Crippen LogP contribution is 2.19. The lowest BCUT2D eigenvalue weighted by Crippen LogP contribution is -2.51. The summed E-state index contributed by atoms with van der Waals surface area (Å²) in [7, 11) is 0. The zero-order valence-electron chi connectivity index (χ0n) is 10.8. The number of hydrogen-bond acceptors (Lipinski definition) is 4. The van der Waals surface area contributed by atoms with Crippen molar-refractivity contribution in [1.82, 2.24) is 10.2 Å². The molecule has 1 N–H and O–H groups in total. The van der Waals surface area contributed by atoms with Crippen LogP contribution in [-0.2, 0) is 11.2 Å². The van der Waals surface area contributed by atoms with Crippen LogP contribution in [0.25, 0.3) is 0 Å². The summed E-state index contributed by atoms with van der Waals surface area (Å²) in [6.07, 6.45) is 3.90. The van der Waals surface area contributed by atoms with Gasteiger partial charge in [0, 0.05) is 31.7 Å². The Kier molecular flexibility index (Phi) is 4.31. The van der Waals surface area contributed by atoms with Crippen LogP contribution < -0.4 is 5.32 Å². The van der Waals surface area contributed by atoms with E-state index in [0.717, 1.165) is 38.9 Å². The molecule has 3 nitrogen and oxygen atoms in total. The maximum atomic E-state index is 5.62. The van der Waals surface area contributed by atoms with Gasteiger partial charge in [-0.1, -0.05) is 0 Å². The van der Waals surface area contributed by atoms with E-state index in [1.54, 1.807) is 11.3 Å². The molecule has 2 heterocycles. The molecule has 1 unspecified atom stereocenters. The first-order chi connectivity index (χ1) is 8.92. The summed E-state index contributed by atoms with van der Waals surface area (Å²) in [6, 6.07) is 3.60. The second-order valence-corrected chi connectivity index (χ2v) is 6.11. The Morgan fingerprint density at radius 1 is 1.44 bits per heavy atom. The molecule has 4 heteroatoms. The highest BCUT2D eigenvalue weighted by Gasteiger charge is 2.26. The van der Waals surface area contributed by atoms with E-state index in [-0.39, 0.29) is 0 Å². The van der Waals surface area contributed by atoms with E-state index in [2.05, 4.69) is 27.0 Å². The first kappa shape index (κ1) is 12.6. The van der Waals surface area contributed by atoms with Crippen molar-refractivity contribution < 1.29 is 4.74 Å². The highest BCUT2D eigenvalue weighted by molar-refractivity contribution is 7.07. The molecule has 0 bridgehead atoms. The topological polar surface area (TPSA) is 24.5 Å². The van der Waals surface area contributed by atoms with Gasteiger partial charge in [-0.05, 0) is 41.7 Å². The van der Waals surface area contributed by atoms with Gasteiger partial charge in [-0.3, -0.25) is 4.90 Å². The van der Waals surface area contributed by atoms with E-state index in [0.29, 0.717) is 6.04 Å². The molecule has 0 amide bonds. The van der Waals surface area contributed by atoms with Crippen molar-refractivity contribution in [1.29, 1.82) is 0 Å². The fourth-order valence-corrected chi connectivity index (χ4v) is 3.17. The van der Waals surface area contributed by atoms with Crippen LogP contribution in [0.1, 0.15) is 18.4 Å². The molecule has 1 saturated carbocycles. The van der Waals surface area contributed by atoms with Crippen molar-refractivity contribution in [2.75, 3.05) is 32.8 Å². The smallest absolute Gasteiger partial charge is 0.0634 e. The van der Waals surface area contributed by atoms with Crippen LogP contribution in [0.15, 0.2) is 16.8 Å². The van der Waals surface area contributed by atoms with Gasteiger partial charge in [0.2, 0.25) is 0 Å². The molecule has 1 aromatic rings. The van der Waals surface area contributed by atoms with Crippen molar-refractivity contribution in [3.63, 3.8) is 0 Å². The van der Waals surface area contributed by atoms with E-state index < -0.39 is 0 Å². The molecule has 0 spiro atoms. The van der Waals surface area contributed by atoms with E-state index in [1.165, 1.54) is 24.8 Å². The third-order valence-electron chi connectivity index (χ3n) is 3.84. The molecular formula is C14H22N2OS. The van der Waals surface area contributed by atoms with Crippen LogP contribution in [0, 0.1) is 0 Å². The predicted molar refractivity (Wildman–Crippen MR) is 75.2 cm³/mol. The molecule has 100 valence electrons. The summed E-state index contributed by atoms with van der Waals surface area (Å²) in [5.74, 6) is 0. The first-order valence-electron chi connectivity index (χ1n) is 6.98. The Morgan fingerprint density at radius 3 is 3.17 bits per heavy atom. The van der Waals surface area contributed by atoms with Crippen LogP contribution in [0.4, 0.5) is 0 Å². The quantitative estimate of drug-likeness (QED) is 0.849. The summed E-state index contributed by atoms with van der Waals surface area (Å²) in [6.45, 7) is 5.12. The molecule has 2 aliphatic rings. The number of thiophene rings is 1. The summed E-state index contributed by atoms with van der Waals surface area (Å²) in [4.78, 5) is 2.59. The molecule has 1 aliphatic heterocycles. The minimum absolute atomic E-state index is 0.568. The number of rotatable bonds is 6. The van der Waals surface area contributed by atoms with Crippen molar-refractivity contribution >= 4 is 11.3 Å². The molecular weight excluding hydrogens is 244 g/mol. The van der Waals surface area contributed by atoms with Gasteiger partial charge in [0.15, 0.2) is 0 Å². The lowest BCUT2D eigenvalue weighted by atomic mass is 10.1. The summed E-state index contributed by atoms with van der Waals surface area (Å²) in [5.41, 5.74) is 1.47. The van der Waals surface area contributed by atoms with Gasteiger partial charge in [-0.25, -0.2) is 0 Å². The predicted octanol–water partition coefficient (Wildman–Crippen LogP) is 1.74. The minimum Gasteiger partial charge on any atom is -0.378 e. The number of hydrogen-bond donors (Lipinski definition) is 1. The lowest BCUT2D eigenvalue weighted by molar-refractivity contribution is -0.00627. The van der Waals surface area contributed by atoms with Crippen LogP contribution in [0.3, 0.4) is 0 Å². The van der Waals surface area contributed by atoms with Gasteiger partial charge >= 0.3 is 0 Å². The molecule has 18 heavy (non-hydrogen) atoms. The largest absolute Gasteiger partial charge is 0.378 e. The third kappa shape index (κ3) is 3.54. The molecule has 1 saturated heterocycles. The molecule has 1 aliphatic carbocycles. The van der Waals surface area contributed by atoms with Gasteiger partial charge in [-0.15, -0.1) is 0 Å². The monoisotopic (exact) mass is 266 g/mol. The van der Waals surface area contributed by atoms with Gasteiger partial charge in [-0.2, -0.15) is 11.3 Å². The van der Waals surface area contributed by atoms with E-state index in [4.69, 9.17) is 4.74 Å². The highest BCUT2D eigenvalue weighted by atomic mass is 32.1. The molecule has 3 rings (SSSR count).